The number of rotatable bonds is 4. The number of hydrogen-bond donors (Lipinski definition) is 1. The van der Waals surface area contributed by atoms with Crippen molar-refractivity contribution in [1.29, 1.82) is 0 Å². The Morgan fingerprint density at radius 1 is 1.38 bits per heavy atom. The van der Waals surface area contributed by atoms with Crippen LogP contribution in [0, 0.1) is 12.8 Å². The van der Waals surface area contributed by atoms with Gasteiger partial charge in [0.1, 0.15) is 0 Å². The first kappa shape index (κ1) is 10.2. The molecule has 13 heavy (non-hydrogen) atoms. The molecule has 0 fully saturated rings. The van der Waals surface area contributed by atoms with E-state index in [1.165, 1.54) is 5.56 Å². The maximum atomic E-state index is 4.24. The SMILES string of the molecule is Cc1ccc(CNCC(C)C)cn1. The standard InChI is InChI=1S/C11H18N2/c1-9(2)6-12-7-11-5-4-10(3)13-8-11/h4-5,8-9,12H,6-7H2,1-3H3. The van der Waals surface area contributed by atoms with E-state index >= 15 is 0 Å². The third kappa shape index (κ3) is 4.04. The Hall–Kier alpha value is -0.890. The van der Waals surface area contributed by atoms with Gasteiger partial charge in [0.2, 0.25) is 0 Å². The van der Waals surface area contributed by atoms with Gasteiger partial charge in [-0.3, -0.25) is 4.98 Å². The summed E-state index contributed by atoms with van der Waals surface area (Å²) in [5.41, 5.74) is 2.33. The molecule has 0 saturated carbocycles. The second kappa shape index (κ2) is 4.97. The number of hydrogen-bond acceptors (Lipinski definition) is 2. The molecule has 0 spiro atoms. The van der Waals surface area contributed by atoms with E-state index in [0.717, 1.165) is 18.8 Å². The average Bonchev–Trinajstić information content (AvgIpc) is 2.08. The van der Waals surface area contributed by atoms with Crippen LogP contribution in [0.1, 0.15) is 25.1 Å². The summed E-state index contributed by atoms with van der Waals surface area (Å²) in [6.07, 6.45) is 1.93. The molecule has 0 aliphatic heterocycles. The summed E-state index contributed by atoms with van der Waals surface area (Å²) in [5.74, 6) is 0.707. The maximum Gasteiger partial charge on any atom is 0.0372 e. The minimum atomic E-state index is 0.707. The van der Waals surface area contributed by atoms with Crippen LogP contribution in [0.15, 0.2) is 18.3 Å². The fraction of sp³-hybridized carbons (Fsp3) is 0.545. The van der Waals surface area contributed by atoms with Gasteiger partial charge in [0.15, 0.2) is 0 Å². The van der Waals surface area contributed by atoms with E-state index in [1.807, 2.05) is 19.2 Å². The van der Waals surface area contributed by atoms with Crippen molar-refractivity contribution >= 4 is 0 Å². The van der Waals surface area contributed by atoms with Crippen molar-refractivity contribution in [3.05, 3.63) is 29.6 Å². The second-order valence-electron chi connectivity index (χ2n) is 3.83. The summed E-state index contributed by atoms with van der Waals surface area (Å²) < 4.78 is 0. The van der Waals surface area contributed by atoms with Gasteiger partial charge in [0.25, 0.3) is 0 Å². The van der Waals surface area contributed by atoms with Gasteiger partial charge in [-0.1, -0.05) is 19.9 Å². The molecule has 1 heterocycles. The molecule has 0 atom stereocenters. The molecular formula is C11H18N2. The van der Waals surface area contributed by atoms with Gasteiger partial charge in [0, 0.05) is 18.4 Å². The first-order valence-corrected chi connectivity index (χ1v) is 4.80. The highest BCUT2D eigenvalue weighted by Gasteiger charge is 1.94. The summed E-state index contributed by atoms with van der Waals surface area (Å²) in [6.45, 7) is 8.41. The lowest BCUT2D eigenvalue weighted by Crippen LogP contribution is -2.18. The molecule has 0 bridgehead atoms. The molecule has 0 aliphatic carbocycles. The summed E-state index contributed by atoms with van der Waals surface area (Å²) in [7, 11) is 0. The molecule has 2 nitrogen and oxygen atoms in total. The fourth-order valence-corrected chi connectivity index (χ4v) is 1.11. The van der Waals surface area contributed by atoms with Crippen LogP contribution >= 0.6 is 0 Å². The van der Waals surface area contributed by atoms with Gasteiger partial charge < -0.3 is 5.32 Å². The number of aryl methyl sites for hydroxylation is 1. The molecule has 0 aliphatic rings. The third-order valence-electron chi connectivity index (χ3n) is 1.85. The first-order valence-electron chi connectivity index (χ1n) is 4.80. The van der Waals surface area contributed by atoms with Crippen LogP contribution in [0.3, 0.4) is 0 Å². The quantitative estimate of drug-likeness (QED) is 0.764. The number of nitrogens with one attached hydrogen (secondary N) is 1. The predicted molar refractivity (Wildman–Crippen MR) is 55.5 cm³/mol. The van der Waals surface area contributed by atoms with Crippen LogP contribution in [-0.4, -0.2) is 11.5 Å². The van der Waals surface area contributed by atoms with Gasteiger partial charge in [-0.25, -0.2) is 0 Å². The molecule has 72 valence electrons. The van der Waals surface area contributed by atoms with Crippen molar-refractivity contribution in [2.45, 2.75) is 27.3 Å². The summed E-state index contributed by atoms with van der Waals surface area (Å²) in [6, 6.07) is 4.17. The highest BCUT2D eigenvalue weighted by molar-refractivity contribution is 5.12. The monoisotopic (exact) mass is 178 g/mol. The van der Waals surface area contributed by atoms with E-state index in [-0.39, 0.29) is 0 Å². The molecule has 0 unspecified atom stereocenters. The van der Waals surface area contributed by atoms with E-state index in [9.17, 15) is 0 Å². The molecule has 1 aromatic heterocycles. The van der Waals surface area contributed by atoms with E-state index < -0.39 is 0 Å². The van der Waals surface area contributed by atoms with Crippen LogP contribution in [0.4, 0.5) is 0 Å². The van der Waals surface area contributed by atoms with Crippen molar-refractivity contribution in [3.8, 4) is 0 Å². The normalized spacial score (nSPS) is 10.8. The van der Waals surface area contributed by atoms with E-state index in [1.54, 1.807) is 0 Å². The largest absolute Gasteiger partial charge is 0.312 e. The summed E-state index contributed by atoms with van der Waals surface area (Å²) in [4.78, 5) is 4.24. The fourth-order valence-electron chi connectivity index (χ4n) is 1.11. The molecule has 2 heteroatoms. The zero-order valence-electron chi connectivity index (χ0n) is 8.67. The number of pyridine rings is 1. The maximum absolute atomic E-state index is 4.24. The lowest BCUT2D eigenvalue weighted by molar-refractivity contribution is 0.552. The molecule has 0 aromatic carbocycles. The van der Waals surface area contributed by atoms with Crippen LogP contribution in [0.5, 0.6) is 0 Å². The van der Waals surface area contributed by atoms with E-state index in [0.29, 0.717) is 5.92 Å². The van der Waals surface area contributed by atoms with Crippen LogP contribution in [0.25, 0.3) is 0 Å². The van der Waals surface area contributed by atoms with E-state index in [2.05, 4.69) is 30.2 Å². The molecule has 1 aromatic rings. The van der Waals surface area contributed by atoms with Crippen LogP contribution in [0.2, 0.25) is 0 Å². The van der Waals surface area contributed by atoms with Crippen molar-refractivity contribution in [2.75, 3.05) is 6.54 Å². The lowest BCUT2D eigenvalue weighted by Gasteiger charge is -2.06. The Labute approximate surface area is 80.4 Å². The van der Waals surface area contributed by atoms with Gasteiger partial charge >= 0.3 is 0 Å². The topological polar surface area (TPSA) is 24.9 Å². The number of nitrogens with zero attached hydrogens (tertiary/aromatic N) is 1. The van der Waals surface area contributed by atoms with Crippen molar-refractivity contribution < 1.29 is 0 Å². The molecule has 0 radical (unpaired) electrons. The minimum absolute atomic E-state index is 0.707. The van der Waals surface area contributed by atoms with Gasteiger partial charge in [-0.05, 0) is 31.0 Å². The average molecular weight is 178 g/mol. The molecular weight excluding hydrogens is 160 g/mol. The Morgan fingerprint density at radius 3 is 2.69 bits per heavy atom. The van der Waals surface area contributed by atoms with Gasteiger partial charge in [-0.2, -0.15) is 0 Å². The Morgan fingerprint density at radius 2 is 2.15 bits per heavy atom. The molecule has 1 N–H and O–H groups in total. The predicted octanol–water partition coefficient (Wildman–Crippen LogP) is 2.14. The minimum Gasteiger partial charge on any atom is -0.312 e. The van der Waals surface area contributed by atoms with Crippen molar-refractivity contribution in [3.63, 3.8) is 0 Å². The molecule has 0 saturated heterocycles. The lowest BCUT2D eigenvalue weighted by atomic mass is 10.2. The number of aromatic nitrogens is 1. The Balaban J connectivity index is 2.33. The third-order valence-corrected chi connectivity index (χ3v) is 1.85. The highest BCUT2D eigenvalue weighted by Crippen LogP contribution is 1.98. The first-order chi connectivity index (χ1) is 6.18. The zero-order chi connectivity index (χ0) is 9.68. The zero-order valence-corrected chi connectivity index (χ0v) is 8.67. The Kier molecular flexibility index (Phi) is 3.90. The highest BCUT2D eigenvalue weighted by atomic mass is 14.9. The van der Waals surface area contributed by atoms with Crippen LogP contribution < -0.4 is 5.32 Å². The summed E-state index contributed by atoms with van der Waals surface area (Å²) >= 11 is 0. The van der Waals surface area contributed by atoms with Crippen molar-refractivity contribution in [2.24, 2.45) is 5.92 Å². The van der Waals surface area contributed by atoms with Crippen molar-refractivity contribution in [1.82, 2.24) is 10.3 Å². The Bertz CT molecular complexity index is 239. The summed E-state index contributed by atoms with van der Waals surface area (Å²) in [5, 5.41) is 3.38. The van der Waals surface area contributed by atoms with Gasteiger partial charge in [-0.15, -0.1) is 0 Å². The molecule has 0 amide bonds. The second-order valence-corrected chi connectivity index (χ2v) is 3.83. The van der Waals surface area contributed by atoms with Gasteiger partial charge in [0.05, 0.1) is 0 Å². The van der Waals surface area contributed by atoms with E-state index in [4.69, 9.17) is 0 Å². The smallest absolute Gasteiger partial charge is 0.0372 e. The molecule has 1 rings (SSSR count). The van der Waals surface area contributed by atoms with Crippen LogP contribution in [-0.2, 0) is 6.54 Å².